The summed E-state index contributed by atoms with van der Waals surface area (Å²) < 4.78 is 6.55. The van der Waals surface area contributed by atoms with Crippen LogP contribution in [0.5, 0.6) is 0 Å². The van der Waals surface area contributed by atoms with Gasteiger partial charge in [-0.05, 0) is 41.9 Å². The zero-order chi connectivity index (χ0) is 15.6. The number of nitrogens with two attached hydrogens (primary N) is 1. The number of carbonyl (C=O) groups is 1. The van der Waals surface area contributed by atoms with E-state index in [4.69, 9.17) is 10.5 Å². The SMILES string of the molecule is CC1C(N)CCC(C(=O)OCc2ccc(Br)cc2)C1(C)C. The second-order valence-corrected chi connectivity index (χ2v) is 7.55. The van der Waals surface area contributed by atoms with Gasteiger partial charge in [0.25, 0.3) is 0 Å². The van der Waals surface area contributed by atoms with E-state index in [1.807, 2.05) is 24.3 Å². The Kier molecular flexibility index (Phi) is 5.10. The molecular weight excluding hydrogens is 330 g/mol. The van der Waals surface area contributed by atoms with E-state index in [-0.39, 0.29) is 23.3 Å². The molecule has 0 spiro atoms. The lowest BCUT2D eigenvalue weighted by Crippen LogP contribution is -2.49. The molecule has 1 aliphatic rings. The highest BCUT2D eigenvalue weighted by molar-refractivity contribution is 9.10. The molecule has 2 N–H and O–H groups in total. The van der Waals surface area contributed by atoms with Crippen molar-refractivity contribution < 1.29 is 9.53 Å². The van der Waals surface area contributed by atoms with Crippen molar-refractivity contribution in [1.29, 1.82) is 0 Å². The fraction of sp³-hybridized carbons (Fsp3) is 0.588. The molecule has 1 aromatic rings. The number of benzene rings is 1. The Hall–Kier alpha value is -0.870. The smallest absolute Gasteiger partial charge is 0.309 e. The molecule has 3 atom stereocenters. The van der Waals surface area contributed by atoms with E-state index in [0.717, 1.165) is 22.9 Å². The average molecular weight is 354 g/mol. The summed E-state index contributed by atoms with van der Waals surface area (Å²) in [6.07, 6.45) is 1.71. The third kappa shape index (κ3) is 3.67. The molecule has 3 nitrogen and oxygen atoms in total. The van der Waals surface area contributed by atoms with Crippen molar-refractivity contribution in [2.75, 3.05) is 0 Å². The minimum atomic E-state index is -0.117. The number of esters is 1. The van der Waals surface area contributed by atoms with Gasteiger partial charge in [0, 0.05) is 10.5 Å². The Bertz CT molecular complexity index is 498. The number of carbonyl (C=O) groups excluding carboxylic acids is 1. The van der Waals surface area contributed by atoms with Crippen LogP contribution in [-0.2, 0) is 16.1 Å². The van der Waals surface area contributed by atoms with Crippen LogP contribution in [0.3, 0.4) is 0 Å². The Balaban J connectivity index is 1.98. The molecule has 1 saturated carbocycles. The molecule has 0 aliphatic heterocycles. The molecule has 21 heavy (non-hydrogen) atoms. The molecule has 1 fully saturated rings. The van der Waals surface area contributed by atoms with Crippen LogP contribution in [0.25, 0.3) is 0 Å². The minimum Gasteiger partial charge on any atom is -0.461 e. The number of hydrogen-bond acceptors (Lipinski definition) is 3. The van der Waals surface area contributed by atoms with Gasteiger partial charge < -0.3 is 10.5 Å². The summed E-state index contributed by atoms with van der Waals surface area (Å²) in [5.41, 5.74) is 7.03. The van der Waals surface area contributed by atoms with Gasteiger partial charge in [0.1, 0.15) is 6.61 Å². The molecule has 1 aromatic carbocycles. The first-order valence-corrected chi connectivity index (χ1v) is 8.28. The maximum atomic E-state index is 12.4. The van der Waals surface area contributed by atoms with E-state index >= 15 is 0 Å². The zero-order valence-electron chi connectivity index (χ0n) is 12.9. The van der Waals surface area contributed by atoms with Crippen LogP contribution >= 0.6 is 15.9 Å². The van der Waals surface area contributed by atoms with Gasteiger partial charge in [-0.2, -0.15) is 0 Å². The molecule has 1 aliphatic carbocycles. The van der Waals surface area contributed by atoms with E-state index < -0.39 is 0 Å². The second kappa shape index (κ2) is 6.49. The molecule has 0 saturated heterocycles. The van der Waals surface area contributed by atoms with Crippen molar-refractivity contribution >= 4 is 21.9 Å². The first-order valence-electron chi connectivity index (χ1n) is 7.49. The molecule has 0 bridgehead atoms. The molecule has 4 heteroatoms. The molecule has 0 aromatic heterocycles. The van der Waals surface area contributed by atoms with Crippen molar-refractivity contribution in [3.63, 3.8) is 0 Å². The number of ether oxygens (including phenoxy) is 1. The molecular formula is C17H24BrNO2. The number of hydrogen-bond donors (Lipinski definition) is 1. The van der Waals surface area contributed by atoms with Gasteiger partial charge in [0.15, 0.2) is 0 Å². The van der Waals surface area contributed by atoms with Gasteiger partial charge >= 0.3 is 5.97 Å². The van der Waals surface area contributed by atoms with Crippen molar-refractivity contribution in [2.24, 2.45) is 23.0 Å². The predicted molar refractivity (Wildman–Crippen MR) is 87.6 cm³/mol. The standard InChI is InChI=1S/C17H24BrNO2/c1-11-15(19)9-8-14(17(11,2)3)16(20)21-10-12-4-6-13(18)7-5-12/h4-7,11,14-15H,8-10,19H2,1-3H3. The van der Waals surface area contributed by atoms with Crippen LogP contribution < -0.4 is 5.73 Å². The van der Waals surface area contributed by atoms with Gasteiger partial charge in [-0.15, -0.1) is 0 Å². The molecule has 0 heterocycles. The fourth-order valence-electron chi connectivity index (χ4n) is 3.11. The van der Waals surface area contributed by atoms with Gasteiger partial charge in [0.05, 0.1) is 5.92 Å². The minimum absolute atomic E-state index is 0.0669. The molecule has 2 rings (SSSR count). The summed E-state index contributed by atoms with van der Waals surface area (Å²) in [4.78, 5) is 12.4. The van der Waals surface area contributed by atoms with Crippen molar-refractivity contribution in [2.45, 2.75) is 46.3 Å². The summed E-state index contributed by atoms with van der Waals surface area (Å²) in [5.74, 6) is 0.154. The molecule has 0 radical (unpaired) electrons. The Morgan fingerprint density at radius 3 is 2.57 bits per heavy atom. The van der Waals surface area contributed by atoms with Gasteiger partial charge in [-0.3, -0.25) is 4.79 Å². The normalized spacial score (nSPS) is 28.1. The first-order chi connectivity index (χ1) is 9.82. The molecule has 3 unspecified atom stereocenters. The summed E-state index contributed by atoms with van der Waals surface area (Å²) in [6, 6.07) is 8.00. The fourth-order valence-corrected chi connectivity index (χ4v) is 3.37. The number of halogens is 1. The summed E-state index contributed by atoms with van der Waals surface area (Å²) in [7, 11) is 0. The lowest BCUT2D eigenvalue weighted by molar-refractivity contribution is -0.158. The van der Waals surface area contributed by atoms with Crippen LogP contribution in [0, 0.1) is 17.3 Å². The van der Waals surface area contributed by atoms with E-state index in [1.165, 1.54) is 0 Å². The first kappa shape index (κ1) is 16.5. The van der Waals surface area contributed by atoms with Crippen molar-refractivity contribution in [1.82, 2.24) is 0 Å². The molecule has 116 valence electrons. The third-order valence-corrected chi connectivity index (χ3v) is 5.61. The van der Waals surface area contributed by atoms with E-state index in [9.17, 15) is 4.79 Å². The second-order valence-electron chi connectivity index (χ2n) is 6.64. The van der Waals surface area contributed by atoms with Crippen molar-refractivity contribution in [3.8, 4) is 0 Å². The van der Waals surface area contributed by atoms with E-state index in [1.54, 1.807) is 0 Å². The third-order valence-electron chi connectivity index (χ3n) is 5.08. The lowest BCUT2D eigenvalue weighted by atomic mass is 9.61. The van der Waals surface area contributed by atoms with Crippen LogP contribution in [0.1, 0.15) is 39.2 Å². The van der Waals surface area contributed by atoms with E-state index in [2.05, 4.69) is 36.7 Å². The van der Waals surface area contributed by atoms with Gasteiger partial charge in [0.2, 0.25) is 0 Å². The highest BCUT2D eigenvalue weighted by Crippen LogP contribution is 2.44. The highest BCUT2D eigenvalue weighted by Gasteiger charge is 2.45. The van der Waals surface area contributed by atoms with Crippen LogP contribution in [-0.4, -0.2) is 12.0 Å². The maximum Gasteiger partial charge on any atom is 0.309 e. The van der Waals surface area contributed by atoms with Crippen LogP contribution in [0.15, 0.2) is 28.7 Å². The van der Waals surface area contributed by atoms with Crippen LogP contribution in [0.4, 0.5) is 0 Å². The van der Waals surface area contributed by atoms with Gasteiger partial charge in [-0.1, -0.05) is 48.8 Å². The summed E-state index contributed by atoms with van der Waals surface area (Å²) in [5, 5.41) is 0. The quantitative estimate of drug-likeness (QED) is 0.838. The lowest BCUT2D eigenvalue weighted by Gasteiger charge is -2.45. The Morgan fingerprint density at radius 1 is 1.33 bits per heavy atom. The zero-order valence-corrected chi connectivity index (χ0v) is 14.5. The van der Waals surface area contributed by atoms with Crippen LogP contribution in [0.2, 0.25) is 0 Å². The predicted octanol–water partition coefficient (Wildman–Crippen LogP) is 3.89. The van der Waals surface area contributed by atoms with Gasteiger partial charge in [-0.25, -0.2) is 0 Å². The Morgan fingerprint density at radius 2 is 1.95 bits per heavy atom. The molecule has 0 amide bonds. The summed E-state index contributed by atoms with van der Waals surface area (Å²) in [6.45, 7) is 6.72. The maximum absolute atomic E-state index is 12.4. The monoisotopic (exact) mass is 353 g/mol. The topological polar surface area (TPSA) is 52.3 Å². The Labute approximate surface area is 135 Å². The number of rotatable bonds is 3. The highest BCUT2D eigenvalue weighted by atomic mass is 79.9. The van der Waals surface area contributed by atoms with Crippen molar-refractivity contribution in [3.05, 3.63) is 34.3 Å². The average Bonchev–Trinajstić information content (AvgIpc) is 2.44. The largest absolute Gasteiger partial charge is 0.461 e. The van der Waals surface area contributed by atoms with E-state index in [0.29, 0.717) is 12.5 Å². The summed E-state index contributed by atoms with van der Waals surface area (Å²) >= 11 is 3.40.